The zero-order chi connectivity index (χ0) is 24.7. The highest BCUT2D eigenvalue weighted by atomic mass is 35.5. The van der Waals surface area contributed by atoms with Gasteiger partial charge in [-0.2, -0.15) is 0 Å². The fraction of sp³-hybridized carbons (Fsp3) is 0.577. The first kappa shape index (κ1) is 26.1. The van der Waals surface area contributed by atoms with Crippen molar-refractivity contribution in [2.24, 2.45) is 0 Å². The molecule has 1 aliphatic carbocycles. The summed E-state index contributed by atoms with van der Waals surface area (Å²) in [5.74, 6) is 0.313. The van der Waals surface area contributed by atoms with E-state index in [2.05, 4.69) is 20.9 Å². The standard InChI is InChI=1S/C26H35ClF2N4O2/c1-34-13-10-30-19-3-5-20(6-4-19)33-25-15-21(22(27)16-31-25)18-2-7-23(28)24(14-18)32-17-26(29)8-11-35-12-9-26/h2,7,14-16,19-20,30,32H,3-6,8-13,17H2,1H3,(H,31,33)/t19-,20-. The molecule has 0 spiro atoms. The molecule has 9 heteroatoms. The lowest BCUT2D eigenvalue weighted by Crippen LogP contribution is -2.38. The van der Waals surface area contributed by atoms with E-state index < -0.39 is 11.5 Å². The quantitative estimate of drug-likeness (QED) is 0.372. The number of ether oxygens (including phenoxy) is 2. The highest BCUT2D eigenvalue weighted by Crippen LogP contribution is 2.33. The molecule has 2 heterocycles. The number of methoxy groups -OCH3 is 1. The Balaban J connectivity index is 1.40. The van der Waals surface area contributed by atoms with Gasteiger partial charge in [0.15, 0.2) is 0 Å². The summed E-state index contributed by atoms with van der Waals surface area (Å²) in [6.45, 7) is 2.40. The SMILES string of the molecule is COCCN[C@H]1CC[C@H](Nc2cc(-c3ccc(F)c(NCC4(F)CCOCC4)c3)c(Cl)cn2)CC1. The monoisotopic (exact) mass is 508 g/mol. The zero-order valence-electron chi connectivity index (χ0n) is 20.2. The van der Waals surface area contributed by atoms with Crippen molar-refractivity contribution in [3.8, 4) is 11.1 Å². The molecular formula is C26H35ClF2N4O2. The van der Waals surface area contributed by atoms with Gasteiger partial charge in [-0.1, -0.05) is 17.7 Å². The molecule has 0 radical (unpaired) electrons. The smallest absolute Gasteiger partial charge is 0.146 e. The van der Waals surface area contributed by atoms with Crippen LogP contribution in [0.3, 0.4) is 0 Å². The summed E-state index contributed by atoms with van der Waals surface area (Å²) in [6.07, 6.45) is 6.51. The average Bonchev–Trinajstić information content (AvgIpc) is 2.86. The van der Waals surface area contributed by atoms with Crippen molar-refractivity contribution in [3.63, 3.8) is 0 Å². The lowest BCUT2D eigenvalue weighted by atomic mass is 9.91. The summed E-state index contributed by atoms with van der Waals surface area (Å²) >= 11 is 6.47. The molecule has 1 aromatic carbocycles. The average molecular weight is 509 g/mol. The van der Waals surface area contributed by atoms with Gasteiger partial charge in [-0.05, 0) is 49.4 Å². The molecule has 4 rings (SSSR count). The summed E-state index contributed by atoms with van der Waals surface area (Å²) in [5, 5.41) is 10.5. The van der Waals surface area contributed by atoms with Crippen LogP contribution in [0.15, 0.2) is 30.5 Å². The van der Waals surface area contributed by atoms with Crippen LogP contribution in [0.2, 0.25) is 5.02 Å². The number of hydrogen-bond donors (Lipinski definition) is 3. The van der Waals surface area contributed by atoms with Crippen LogP contribution >= 0.6 is 11.6 Å². The largest absolute Gasteiger partial charge is 0.383 e. The van der Waals surface area contributed by atoms with Crippen molar-refractivity contribution in [1.82, 2.24) is 10.3 Å². The first-order valence-electron chi connectivity index (χ1n) is 12.4. The van der Waals surface area contributed by atoms with Crippen molar-refractivity contribution in [3.05, 3.63) is 41.3 Å². The molecule has 1 saturated heterocycles. The van der Waals surface area contributed by atoms with E-state index in [0.717, 1.165) is 55.8 Å². The number of anilines is 2. The minimum Gasteiger partial charge on any atom is -0.383 e. The molecule has 0 unspecified atom stereocenters. The molecular weight excluding hydrogens is 474 g/mol. The molecule has 1 saturated carbocycles. The number of halogens is 3. The minimum atomic E-state index is -1.40. The third-order valence-corrected chi connectivity index (χ3v) is 7.24. The van der Waals surface area contributed by atoms with Crippen molar-refractivity contribution in [2.75, 3.05) is 50.7 Å². The maximum Gasteiger partial charge on any atom is 0.146 e. The Bertz CT molecular complexity index is 966. The topological polar surface area (TPSA) is 67.4 Å². The predicted molar refractivity (Wildman–Crippen MR) is 137 cm³/mol. The van der Waals surface area contributed by atoms with Gasteiger partial charge >= 0.3 is 0 Å². The predicted octanol–water partition coefficient (Wildman–Crippen LogP) is 5.43. The van der Waals surface area contributed by atoms with Crippen molar-refractivity contribution >= 4 is 23.1 Å². The van der Waals surface area contributed by atoms with E-state index in [1.165, 1.54) is 6.07 Å². The molecule has 0 bridgehead atoms. The van der Waals surface area contributed by atoms with Crippen LogP contribution in [0.5, 0.6) is 0 Å². The first-order valence-corrected chi connectivity index (χ1v) is 12.8. The van der Waals surface area contributed by atoms with Crippen molar-refractivity contribution < 1.29 is 18.3 Å². The number of benzene rings is 1. The second kappa shape index (κ2) is 12.3. The van der Waals surface area contributed by atoms with Gasteiger partial charge in [0.1, 0.15) is 17.3 Å². The second-order valence-corrected chi connectivity index (χ2v) is 9.91. The maximum absolute atomic E-state index is 14.9. The highest BCUT2D eigenvalue weighted by molar-refractivity contribution is 6.33. The summed E-state index contributed by atoms with van der Waals surface area (Å²) in [7, 11) is 1.71. The Morgan fingerprint density at radius 2 is 1.89 bits per heavy atom. The highest BCUT2D eigenvalue weighted by Gasteiger charge is 2.32. The molecule has 2 aromatic rings. The molecule has 3 N–H and O–H groups in total. The summed E-state index contributed by atoms with van der Waals surface area (Å²) < 4.78 is 39.8. The van der Waals surface area contributed by atoms with Gasteiger partial charge in [-0.15, -0.1) is 0 Å². The molecule has 2 fully saturated rings. The Labute approximate surface area is 211 Å². The number of alkyl halides is 1. The minimum absolute atomic E-state index is 0.0383. The van der Waals surface area contributed by atoms with E-state index in [9.17, 15) is 8.78 Å². The van der Waals surface area contributed by atoms with Crippen LogP contribution in [-0.4, -0.2) is 62.8 Å². The summed E-state index contributed by atoms with van der Waals surface area (Å²) in [4.78, 5) is 4.46. The van der Waals surface area contributed by atoms with Gasteiger partial charge in [0.05, 0.1) is 17.3 Å². The fourth-order valence-corrected chi connectivity index (χ4v) is 4.96. The number of nitrogens with zero attached hydrogens (tertiary/aromatic N) is 1. The summed E-state index contributed by atoms with van der Waals surface area (Å²) in [6, 6.07) is 7.50. The van der Waals surface area contributed by atoms with Gasteiger partial charge in [0.25, 0.3) is 0 Å². The van der Waals surface area contributed by atoms with Crippen LogP contribution < -0.4 is 16.0 Å². The van der Waals surface area contributed by atoms with Crippen molar-refractivity contribution in [2.45, 2.75) is 56.3 Å². The van der Waals surface area contributed by atoms with Crippen LogP contribution in [0.25, 0.3) is 11.1 Å². The number of pyridine rings is 1. The number of nitrogens with one attached hydrogen (secondary N) is 3. The number of aromatic nitrogens is 1. The van der Waals surface area contributed by atoms with Gasteiger partial charge < -0.3 is 25.4 Å². The lowest BCUT2D eigenvalue weighted by molar-refractivity contribution is -0.00117. The van der Waals surface area contributed by atoms with Crippen LogP contribution in [0, 0.1) is 5.82 Å². The number of hydrogen-bond acceptors (Lipinski definition) is 6. The lowest BCUT2D eigenvalue weighted by Gasteiger charge is -2.30. The Morgan fingerprint density at radius 3 is 2.63 bits per heavy atom. The molecule has 6 nitrogen and oxygen atoms in total. The van der Waals surface area contributed by atoms with E-state index in [4.69, 9.17) is 21.1 Å². The molecule has 1 aliphatic heterocycles. The third-order valence-electron chi connectivity index (χ3n) is 6.94. The van der Waals surface area contributed by atoms with Crippen LogP contribution in [-0.2, 0) is 9.47 Å². The molecule has 2 aliphatic rings. The van der Waals surface area contributed by atoms with Gasteiger partial charge in [0.2, 0.25) is 0 Å². The number of rotatable bonds is 10. The molecule has 192 valence electrons. The van der Waals surface area contributed by atoms with Gasteiger partial charge in [0, 0.05) is 70.1 Å². The van der Waals surface area contributed by atoms with E-state index in [1.807, 2.05) is 6.07 Å². The molecule has 1 aromatic heterocycles. The second-order valence-electron chi connectivity index (χ2n) is 9.50. The van der Waals surface area contributed by atoms with E-state index in [-0.39, 0.29) is 12.2 Å². The van der Waals surface area contributed by atoms with Gasteiger partial charge in [-0.3, -0.25) is 0 Å². The first-order chi connectivity index (χ1) is 17.0. The normalized spacial score (nSPS) is 22.1. The fourth-order valence-electron chi connectivity index (χ4n) is 4.75. The van der Waals surface area contributed by atoms with Gasteiger partial charge in [-0.25, -0.2) is 13.8 Å². The Kier molecular flexibility index (Phi) is 9.16. The van der Waals surface area contributed by atoms with E-state index in [0.29, 0.717) is 43.2 Å². The zero-order valence-corrected chi connectivity index (χ0v) is 21.0. The van der Waals surface area contributed by atoms with Crippen LogP contribution in [0.1, 0.15) is 38.5 Å². The summed E-state index contributed by atoms with van der Waals surface area (Å²) in [5.41, 5.74) is 0.357. The maximum atomic E-state index is 14.9. The Morgan fingerprint density at radius 1 is 1.14 bits per heavy atom. The molecule has 0 amide bonds. The molecule has 0 atom stereocenters. The van der Waals surface area contributed by atoms with E-state index >= 15 is 0 Å². The third kappa shape index (κ3) is 7.26. The Hall–Kier alpha value is -2.00. The van der Waals surface area contributed by atoms with Crippen molar-refractivity contribution in [1.29, 1.82) is 0 Å². The molecule has 35 heavy (non-hydrogen) atoms. The van der Waals surface area contributed by atoms with E-state index in [1.54, 1.807) is 25.4 Å². The van der Waals surface area contributed by atoms with Crippen LogP contribution in [0.4, 0.5) is 20.3 Å².